The molecule has 3 aromatic heterocycles. The van der Waals surface area contributed by atoms with Gasteiger partial charge < -0.3 is 4.57 Å². The molecule has 1 aromatic carbocycles. The number of sulfonamides is 1. The number of rotatable bonds is 7. The van der Waals surface area contributed by atoms with Crippen LogP contribution in [0.5, 0.6) is 0 Å². The fraction of sp³-hybridized carbons (Fsp3) is 0.333. The van der Waals surface area contributed by atoms with Crippen molar-refractivity contribution in [3.05, 3.63) is 72.7 Å². The van der Waals surface area contributed by atoms with Crippen LogP contribution in [0.2, 0.25) is 0 Å². The van der Waals surface area contributed by atoms with Gasteiger partial charge in [0.2, 0.25) is 10.0 Å². The summed E-state index contributed by atoms with van der Waals surface area (Å²) in [5, 5.41) is 6.81. The molecule has 7 nitrogen and oxygen atoms in total. The SMILES string of the molecule is C[C@@H]1C[C@H](Cn2ccc3nc(-c4cn[nH]c4)ccc32)CN1S(=O)(=O)CCc1ccccc1. The van der Waals surface area contributed by atoms with E-state index in [9.17, 15) is 8.42 Å². The van der Waals surface area contributed by atoms with Crippen LogP contribution in [0.4, 0.5) is 0 Å². The average molecular weight is 450 g/mol. The number of benzene rings is 1. The first-order chi connectivity index (χ1) is 15.5. The quantitative estimate of drug-likeness (QED) is 0.466. The van der Waals surface area contributed by atoms with Crippen LogP contribution in [0, 0.1) is 5.92 Å². The number of nitrogens with zero attached hydrogens (tertiary/aromatic N) is 4. The molecule has 166 valence electrons. The van der Waals surface area contributed by atoms with E-state index in [0.29, 0.717) is 13.0 Å². The molecule has 8 heteroatoms. The fourth-order valence-electron chi connectivity index (χ4n) is 4.70. The van der Waals surface area contributed by atoms with Crippen LogP contribution in [-0.2, 0) is 23.0 Å². The average Bonchev–Trinajstić information content (AvgIpc) is 3.54. The number of aromatic nitrogens is 4. The molecule has 32 heavy (non-hydrogen) atoms. The van der Waals surface area contributed by atoms with Crippen molar-refractivity contribution in [3.63, 3.8) is 0 Å². The molecule has 1 N–H and O–H groups in total. The lowest BCUT2D eigenvalue weighted by Crippen LogP contribution is -2.36. The Bertz CT molecular complexity index is 1300. The zero-order chi connectivity index (χ0) is 22.1. The normalized spacial score (nSPS) is 19.7. The maximum absolute atomic E-state index is 13.0. The van der Waals surface area contributed by atoms with Gasteiger partial charge in [-0.15, -0.1) is 0 Å². The molecular weight excluding hydrogens is 422 g/mol. The molecule has 0 unspecified atom stereocenters. The van der Waals surface area contributed by atoms with E-state index >= 15 is 0 Å². The Hall–Kier alpha value is -2.97. The molecule has 4 aromatic rings. The summed E-state index contributed by atoms with van der Waals surface area (Å²) in [6.07, 6.45) is 7.05. The van der Waals surface area contributed by atoms with Gasteiger partial charge in [-0.25, -0.2) is 13.4 Å². The third-order valence-electron chi connectivity index (χ3n) is 6.33. The summed E-state index contributed by atoms with van der Waals surface area (Å²) in [5.74, 6) is 0.432. The molecule has 1 saturated heterocycles. The minimum atomic E-state index is -3.29. The van der Waals surface area contributed by atoms with E-state index < -0.39 is 10.0 Å². The van der Waals surface area contributed by atoms with Gasteiger partial charge in [-0.05, 0) is 49.4 Å². The van der Waals surface area contributed by atoms with Crippen LogP contribution in [0.3, 0.4) is 0 Å². The van der Waals surface area contributed by atoms with Crippen molar-refractivity contribution in [1.29, 1.82) is 0 Å². The minimum Gasteiger partial charge on any atom is -0.346 e. The van der Waals surface area contributed by atoms with Crippen molar-refractivity contribution in [1.82, 2.24) is 24.1 Å². The third-order valence-corrected chi connectivity index (χ3v) is 8.27. The molecule has 5 rings (SSSR count). The Morgan fingerprint density at radius 1 is 1.12 bits per heavy atom. The molecule has 1 aliphatic heterocycles. The van der Waals surface area contributed by atoms with E-state index in [1.54, 1.807) is 10.5 Å². The van der Waals surface area contributed by atoms with Gasteiger partial charge in [0.05, 0.1) is 28.7 Å². The molecule has 0 amide bonds. The Morgan fingerprint density at radius 3 is 2.75 bits per heavy atom. The molecule has 0 radical (unpaired) electrons. The Morgan fingerprint density at radius 2 is 1.97 bits per heavy atom. The summed E-state index contributed by atoms with van der Waals surface area (Å²) in [5.41, 5.74) is 4.90. The number of hydrogen-bond acceptors (Lipinski definition) is 4. The Labute approximate surface area is 188 Å². The molecule has 0 bridgehead atoms. The van der Waals surface area contributed by atoms with Crippen molar-refractivity contribution < 1.29 is 8.42 Å². The zero-order valence-corrected chi connectivity index (χ0v) is 18.9. The maximum atomic E-state index is 13.0. The molecular formula is C24H27N5O2S. The highest BCUT2D eigenvalue weighted by atomic mass is 32.2. The first-order valence-corrected chi connectivity index (χ1v) is 12.6. The van der Waals surface area contributed by atoms with Crippen LogP contribution in [0.15, 0.2) is 67.1 Å². The Kier molecular flexibility index (Phi) is 5.57. The number of nitrogens with one attached hydrogen (secondary N) is 1. The second-order valence-electron chi connectivity index (χ2n) is 8.63. The molecule has 0 spiro atoms. The third kappa shape index (κ3) is 4.20. The van der Waals surface area contributed by atoms with Gasteiger partial charge >= 0.3 is 0 Å². The lowest BCUT2D eigenvalue weighted by atomic mass is 10.1. The molecule has 1 aliphatic rings. The highest BCUT2D eigenvalue weighted by molar-refractivity contribution is 7.89. The summed E-state index contributed by atoms with van der Waals surface area (Å²) in [4.78, 5) is 4.75. The summed E-state index contributed by atoms with van der Waals surface area (Å²) in [6, 6.07) is 15.9. The lowest BCUT2D eigenvalue weighted by Gasteiger charge is -2.21. The smallest absolute Gasteiger partial charge is 0.214 e. The predicted octanol–water partition coefficient (Wildman–Crippen LogP) is 3.71. The molecule has 2 atom stereocenters. The highest BCUT2D eigenvalue weighted by Gasteiger charge is 2.36. The topological polar surface area (TPSA) is 83.9 Å². The first-order valence-electron chi connectivity index (χ1n) is 11.0. The summed E-state index contributed by atoms with van der Waals surface area (Å²) in [7, 11) is -3.29. The molecule has 0 aliphatic carbocycles. The van der Waals surface area contributed by atoms with Gasteiger partial charge in [0.25, 0.3) is 0 Å². The second kappa shape index (κ2) is 8.52. The van der Waals surface area contributed by atoms with Crippen LogP contribution < -0.4 is 0 Å². The monoisotopic (exact) mass is 449 g/mol. The Balaban J connectivity index is 1.27. The number of H-pyrrole nitrogens is 1. The number of hydrogen-bond donors (Lipinski definition) is 1. The largest absolute Gasteiger partial charge is 0.346 e. The fourth-order valence-corrected chi connectivity index (χ4v) is 6.50. The van der Waals surface area contributed by atoms with Gasteiger partial charge in [-0.1, -0.05) is 30.3 Å². The van der Waals surface area contributed by atoms with Crippen LogP contribution in [-0.4, -0.2) is 50.8 Å². The zero-order valence-electron chi connectivity index (χ0n) is 18.1. The van der Waals surface area contributed by atoms with Gasteiger partial charge in [-0.3, -0.25) is 5.10 Å². The molecule has 4 heterocycles. The van der Waals surface area contributed by atoms with E-state index in [4.69, 9.17) is 4.98 Å². The van der Waals surface area contributed by atoms with Crippen molar-refractivity contribution in [2.45, 2.75) is 32.4 Å². The van der Waals surface area contributed by atoms with Gasteiger partial charge in [-0.2, -0.15) is 9.40 Å². The van der Waals surface area contributed by atoms with Gasteiger partial charge in [0.1, 0.15) is 0 Å². The van der Waals surface area contributed by atoms with Crippen LogP contribution in [0.25, 0.3) is 22.3 Å². The number of aryl methyl sites for hydroxylation is 1. The summed E-state index contributed by atoms with van der Waals surface area (Å²) < 4.78 is 30.0. The summed E-state index contributed by atoms with van der Waals surface area (Å²) in [6.45, 7) is 3.37. The van der Waals surface area contributed by atoms with Crippen LogP contribution >= 0.6 is 0 Å². The lowest BCUT2D eigenvalue weighted by molar-refractivity contribution is 0.399. The number of aromatic amines is 1. The van der Waals surface area contributed by atoms with E-state index in [1.807, 2.05) is 61.8 Å². The highest BCUT2D eigenvalue weighted by Crippen LogP contribution is 2.29. The molecule has 0 saturated carbocycles. The van der Waals surface area contributed by atoms with E-state index in [-0.39, 0.29) is 17.7 Å². The predicted molar refractivity (Wildman–Crippen MR) is 126 cm³/mol. The number of fused-ring (bicyclic) bond motifs is 1. The van der Waals surface area contributed by atoms with E-state index in [2.05, 4.69) is 20.8 Å². The minimum absolute atomic E-state index is 0.0217. The second-order valence-corrected chi connectivity index (χ2v) is 10.7. The first kappa shape index (κ1) is 20.9. The van der Waals surface area contributed by atoms with Gasteiger partial charge in [0, 0.05) is 37.1 Å². The van der Waals surface area contributed by atoms with Crippen molar-refractivity contribution in [2.24, 2.45) is 5.92 Å². The van der Waals surface area contributed by atoms with Crippen molar-refractivity contribution in [3.8, 4) is 11.3 Å². The standard InChI is InChI=1S/C24H27N5O2S/c1-18-13-20(17-29(18)32(30,31)12-10-19-5-3-2-4-6-19)16-28-11-9-23-24(28)8-7-22(27-23)21-14-25-26-15-21/h2-9,11,14-15,18,20H,10,12-13,16-17H2,1H3,(H,25,26)/t18-,20-/m1/s1. The maximum Gasteiger partial charge on any atom is 0.214 e. The van der Waals surface area contributed by atoms with Gasteiger partial charge in [0.15, 0.2) is 0 Å². The molecule has 1 fully saturated rings. The van der Waals surface area contributed by atoms with Crippen molar-refractivity contribution >= 4 is 21.1 Å². The van der Waals surface area contributed by atoms with Crippen LogP contribution in [0.1, 0.15) is 18.9 Å². The summed E-state index contributed by atoms with van der Waals surface area (Å²) >= 11 is 0. The van der Waals surface area contributed by atoms with E-state index in [0.717, 1.165) is 40.8 Å². The van der Waals surface area contributed by atoms with E-state index in [1.165, 1.54) is 0 Å². The number of pyridine rings is 1. The van der Waals surface area contributed by atoms with Crippen molar-refractivity contribution in [2.75, 3.05) is 12.3 Å².